The number of nitrogens with one attached hydrogen (secondary N) is 1. The van der Waals surface area contributed by atoms with E-state index in [-0.39, 0.29) is 0 Å². The summed E-state index contributed by atoms with van der Waals surface area (Å²) < 4.78 is 0. The van der Waals surface area contributed by atoms with E-state index in [2.05, 4.69) is 50.4 Å². The van der Waals surface area contributed by atoms with Crippen LogP contribution in [0.25, 0.3) is 0 Å². The van der Waals surface area contributed by atoms with E-state index < -0.39 is 0 Å². The molecule has 16 heavy (non-hydrogen) atoms. The van der Waals surface area contributed by atoms with Gasteiger partial charge in [-0.2, -0.15) is 0 Å². The van der Waals surface area contributed by atoms with Crippen LogP contribution in [0.3, 0.4) is 0 Å². The van der Waals surface area contributed by atoms with Crippen LogP contribution in [0.4, 0.5) is 0 Å². The zero-order chi connectivity index (χ0) is 12.0. The normalized spacial score (nSPS) is 14.8. The molecular formula is C15H25N. The Kier molecular flexibility index (Phi) is 5.54. The maximum atomic E-state index is 3.38. The minimum Gasteiger partial charge on any atom is -0.313 e. The van der Waals surface area contributed by atoms with Gasteiger partial charge in [0.05, 0.1) is 0 Å². The third kappa shape index (κ3) is 3.34. The fourth-order valence-electron chi connectivity index (χ4n) is 2.06. The second-order valence-corrected chi connectivity index (χ2v) is 4.61. The summed E-state index contributed by atoms with van der Waals surface area (Å²) in [5.41, 5.74) is 2.87. The van der Waals surface area contributed by atoms with Crippen LogP contribution in [0.2, 0.25) is 0 Å². The van der Waals surface area contributed by atoms with Crippen molar-refractivity contribution in [3.05, 3.63) is 35.4 Å². The molecule has 0 amide bonds. The maximum Gasteiger partial charge on any atom is 0.0317 e. The number of rotatable bonds is 6. The molecule has 0 saturated heterocycles. The minimum absolute atomic E-state index is 0.510. The molecule has 0 radical (unpaired) electrons. The highest BCUT2D eigenvalue weighted by molar-refractivity contribution is 5.27. The van der Waals surface area contributed by atoms with Crippen LogP contribution in [0, 0.1) is 0 Å². The van der Waals surface area contributed by atoms with Crippen molar-refractivity contribution in [2.45, 2.75) is 52.0 Å². The minimum atomic E-state index is 0.510. The molecule has 0 aliphatic carbocycles. The highest BCUT2D eigenvalue weighted by Gasteiger charge is 2.08. The third-order valence-electron chi connectivity index (χ3n) is 3.45. The Morgan fingerprint density at radius 3 is 2.06 bits per heavy atom. The molecule has 0 aliphatic rings. The van der Waals surface area contributed by atoms with Crippen molar-refractivity contribution in [3.63, 3.8) is 0 Å². The summed E-state index contributed by atoms with van der Waals surface area (Å²) in [5, 5.41) is 3.38. The molecule has 1 aromatic rings. The number of hydrogen-bond donors (Lipinski definition) is 1. The Labute approximate surface area is 100 Å². The lowest BCUT2D eigenvalue weighted by Crippen LogP contribution is -2.15. The van der Waals surface area contributed by atoms with Gasteiger partial charge in [-0.15, -0.1) is 0 Å². The summed E-state index contributed by atoms with van der Waals surface area (Å²) in [4.78, 5) is 0. The summed E-state index contributed by atoms with van der Waals surface area (Å²) in [7, 11) is 2.04. The smallest absolute Gasteiger partial charge is 0.0317 e. The Morgan fingerprint density at radius 1 is 1.06 bits per heavy atom. The first-order valence-corrected chi connectivity index (χ1v) is 6.50. The monoisotopic (exact) mass is 219 g/mol. The molecule has 1 heteroatoms. The van der Waals surface area contributed by atoms with Gasteiger partial charge < -0.3 is 5.32 Å². The molecule has 1 aromatic carbocycles. The first kappa shape index (κ1) is 13.2. The molecule has 0 bridgehead atoms. The predicted octanol–water partition coefficient (Wildman–Crippen LogP) is 4.26. The van der Waals surface area contributed by atoms with Crippen molar-refractivity contribution < 1.29 is 0 Å². The molecule has 2 atom stereocenters. The Balaban J connectivity index is 2.76. The summed E-state index contributed by atoms with van der Waals surface area (Å²) in [6, 6.07) is 9.62. The highest BCUT2D eigenvalue weighted by Crippen LogP contribution is 2.23. The Hall–Kier alpha value is -0.820. The van der Waals surface area contributed by atoms with E-state index >= 15 is 0 Å². The average Bonchev–Trinajstić information content (AvgIpc) is 2.35. The molecule has 0 aromatic heterocycles. The quantitative estimate of drug-likeness (QED) is 0.753. The summed E-state index contributed by atoms with van der Waals surface area (Å²) in [5.74, 6) is 0.674. The zero-order valence-corrected chi connectivity index (χ0v) is 11.1. The second kappa shape index (κ2) is 6.70. The van der Waals surface area contributed by atoms with Gasteiger partial charge in [0.15, 0.2) is 0 Å². The van der Waals surface area contributed by atoms with E-state index in [1.54, 1.807) is 0 Å². The van der Waals surface area contributed by atoms with Gasteiger partial charge in [0.1, 0.15) is 0 Å². The van der Waals surface area contributed by atoms with Crippen LogP contribution in [0.15, 0.2) is 24.3 Å². The molecule has 1 nitrogen and oxygen atoms in total. The summed E-state index contributed by atoms with van der Waals surface area (Å²) in [6.07, 6.45) is 3.64. The average molecular weight is 219 g/mol. The molecule has 0 spiro atoms. The summed E-state index contributed by atoms with van der Waals surface area (Å²) >= 11 is 0. The summed E-state index contributed by atoms with van der Waals surface area (Å²) in [6.45, 7) is 6.76. The van der Waals surface area contributed by atoms with Crippen LogP contribution >= 0.6 is 0 Å². The third-order valence-corrected chi connectivity index (χ3v) is 3.45. The topological polar surface area (TPSA) is 12.0 Å². The van der Waals surface area contributed by atoms with Gasteiger partial charge in [0, 0.05) is 6.04 Å². The van der Waals surface area contributed by atoms with Gasteiger partial charge in [0.2, 0.25) is 0 Å². The second-order valence-electron chi connectivity index (χ2n) is 4.61. The van der Waals surface area contributed by atoms with Crippen LogP contribution in [0.1, 0.15) is 63.1 Å². The van der Waals surface area contributed by atoms with Crippen molar-refractivity contribution in [3.8, 4) is 0 Å². The van der Waals surface area contributed by atoms with Crippen molar-refractivity contribution >= 4 is 0 Å². The molecule has 0 saturated carbocycles. The molecule has 0 fully saturated rings. The van der Waals surface area contributed by atoms with E-state index in [9.17, 15) is 0 Å². The van der Waals surface area contributed by atoms with Crippen molar-refractivity contribution in [2.75, 3.05) is 7.05 Å². The van der Waals surface area contributed by atoms with E-state index in [4.69, 9.17) is 0 Å². The fourth-order valence-corrected chi connectivity index (χ4v) is 2.06. The lowest BCUT2D eigenvalue weighted by Gasteiger charge is -2.17. The van der Waals surface area contributed by atoms with Gasteiger partial charge in [0.25, 0.3) is 0 Å². The van der Waals surface area contributed by atoms with E-state index in [0.29, 0.717) is 12.0 Å². The SMILES string of the molecule is CCCC(NC)c1ccc(C(C)CC)cc1. The van der Waals surface area contributed by atoms with Gasteiger partial charge >= 0.3 is 0 Å². The van der Waals surface area contributed by atoms with Crippen LogP contribution in [0.5, 0.6) is 0 Å². The van der Waals surface area contributed by atoms with Crippen molar-refractivity contribution in [1.82, 2.24) is 5.32 Å². The first-order chi connectivity index (χ1) is 7.72. The predicted molar refractivity (Wildman–Crippen MR) is 71.9 cm³/mol. The van der Waals surface area contributed by atoms with Crippen molar-refractivity contribution in [2.24, 2.45) is 0 Å². The van der Waals surface area contributed by atoms with E-state index in [1.807, 2.05) is 7.05 Å². The standard InChI is InChI=1S/C15H25N/c1-5-7-15(16-4)14-10-8-13(9-11-14)12(3)6-2/h8-12,15-16H,5-7H2,1-4H3. The van der Waals surface area contributed by atoms with Crippen LogP contribution < -0.4 is 5.32 Å². The largest absolute Gasteiger partial charge is 0.313 e. The van der Waals surface area contributed by atoms with E-state index in [0.717, 1.165) is 0 Å². The highest BCUT2D eigenvalue weighted by atomic mass is 14.9. The molecule has 1 rings (SSSR count). The lowest BCUT2D eigenvalue weighted by molar-refractivity contribution is 0.541. The first-order valence-electron chi connectivity index (χ1n) is 6.50. The van der Waals surface area contributed by atoms with Crippen LogP contribution in [-0.4, -0.2) is 7.05 Å². The maximum absolute atomic E-state index is 3.38. The molecule has 90 valence electrons. The van der Waals surface area contributed by atoms with Gasteiger partial charge in [-0.1, -0.05) is 51.5 Å². The van der Waals surface area contributed by atoms with Crippen molar-refractivity contribution in [1.29, 1.82) is 0 Å². The number of benzene rings is 1. The zero-order valence-electron chi connectivity index (χ0n) is 11.1. The molecule has 1 N–H and O–H groups in total. The lowest BCUT2D eigenvalue weighted by atomic mass is 9.95. The van der Waals surface area contributed by atoms with Gasteiger partial charge in [-0.25, -0.2) is 0 Å². The Morgan fingerprint density at radius 2 is 1.62 bits per heavy atom. The van der Waals surface area contributed by atoms with Gasteiger partial charge in [-0.05, 0) is 36.9 Å². The Bertz CT molecular complexity index is 289. The molecule has 2 unspecified atom stereocenters. The molecule has 0 aliphatic heterocycles. The molecule has 0 heterocycles. The molecular weight excluding hydrogens is 194 g/mol. The van der Waals surface area contributed by atoms with Crippen LogP contribution in [-0.2, 0) is 0 Å². The van der Waals surface area contributed by atoms with E-state index in [1.165, 1.54) is 30.4 Å². The number of hydrogen-bond acceptors (Lipinski definition) is 1. The van der Waals surface area contributed by atoms with Gasteiger partial charge in [-0.3, -0.25) is 0 Å². The fraction of sp³-hybridized carbons (Fsp3) is 0.600.